The fraction of sp³-hybridized carbons (Fsp3) is 0. The Morgan fingerprint density at radius 2 is 1.96 bits per heavy atom. The fourth-order valence-electron chi connectivity index (χ4n) is 2.45. The molecule has 9 heteroatoms. The van der Waals surface area contributed by atoms with Crippen molar-refractivity contribution >= 4 is 49.5 Å². The average molecular weight is 392 g/mol. The number of hydrogen-bond donors (Lipinski definition) is 3. The molecular formula is C15H8BrF2N5O. The Morgan fingerprint density at radius 1 is 1.17 bits per heavy atom. The molecule has 0 aliphatic heterocycles. The first kappa shape index (κ1) is 14.8. The van der Waals surface area contributed by atoms with Crippen molar-refractivity contribution in [1.82, 2.24) is 20.2 Å². The van der Waals surface area contributed by atoms with Gasteiger partial charge in [-0.15, -0.1) is 0 Å². The van der Waals surface area contributed by atoms with Gasteiger partial charge in [-0.3, -0.25) is 9.89 Å². The number of nitrogens with one attached hydrogen (secondary N) is 3. The van der Waals surface area contributed by atoms with Gasteiger partial charge in [0.25, 0.3) is 5.91 Å². The quantitative estimate of drug-likeness (QED) is 0.486. The van der Waals surface area contributed by atoms with Gasteiger partial charge in [0.15, 0.2) is 17.3 Å². The van der Waals surface area contributed by atoms with Crippen molar-refractivity contribution in [3.05, 3.63) is 52.4 Å². The number of pyridine rings is 1. The topological polar surface area (TPSA) is 86.5 Å². The monoisotopic (exact) mass is 391 g/mol. The minimum atomic E-state index is -0.988. The van der Waals surface area contributed by atoms with Crippen molar-refractivity contribution in [2.45, 2.75) is 0 Å². The van der Waals surface area contributed by atoms with Crippen molar-refractivity contribution in [3.63, 3.8) is 0 Å². The molecule has 0 aliphatic carbocycles. The maximum Gasteiger partial charge on any atom is 0.274 e. The molecule has 0 spiro atoms. The van der Waals surface area contributed by atoms with E-state index >= 15 is 0 Å². The van der Waals surface area contributed by atoms with Gasteiger partial charge in [-0.05, 0) is 28.1 Å². The minimum Gasteiger partial charge on any atom is -0.359 e. The summed E-state index contributed by atoms with van der Waals surface area (Å²) in [5.41, 5.74) is 1.33. The number of anilines is 1. The van der Waals surface area contributed by atoms with Crippen LogP contribution in [0.25, 0.3) is 21.9 Å². The van der Waals surface area contributed by atoms with Crippen LogP contribution in [0.2, 0.25) is 0 Å². The predicted octanol–water partition coefficient (Wildman–Crippen LogP) is 3.73. The Labute approximate surface area is 141 Å². The van der Waals surface area contributed by atoms with Crippen LogP contribution in [0, 0.1) is 11.6 Å². The molecule has 0 radical (unpaired) electrons. The van der Waals surface area contributed by atoms with Crippen molar-refractivity contribution < 1.29 is 13.6 Å². The van der Waals surface area contributed by atoms with Crippen LogP contribution in [-0.2, 0) is 0 Å². The number of carbonyl (C=O) groups excluding carboxylic acids is 1. The highest BCUT2D eigenvalue weighted by Crippen LogP contribution is 2.26. The molecule has 0 bridgehead atoms. The highest BCUT2D eigenvalue weighted by molar-refractivity contribution is 9.10. The Morgan fingerprint density at radius 3 is 2.79 bits per heavy atom. The van der Waals surface area contributed by atoms with Crippen molar-refractivity contribution in [2.75, 3.05) is 5.32 Å². The van der Waals surface area contributed by atoms with Gasteiger partial charge in [-0.2, -0.15) is 5.10 Å². The van der Waals surface area contributed by atoms with Crippen molar-refractivity contribution in [3.8, 4) is 0 Å². The normalized spacial score (nSPS) is 11.3. The number of H-pyrrole nitrogens is 2. The van der Waals surface area contributed by atoms with Crippen LogP contribution in [0.5, 0.6) is 0 Å². The maximum atomic E-state index is 13.4. The second kappa shape index (κ2) is 5.38. The average Bonchev–Trinajstić information content (AvgIpc) is 3.12. The van der Waals surface area contributed by atoms with Crippen LogP contribution in [0.1, 0.15) is 10.5 Å². The summed E-state index contributed by atoms with van der Waals surface area (Å²) in [6, 6.07) is 3.78. The van der Waals surface area contributed by atoms with E-state index in [2.05, 4.69) is 41.4 Å². The third kappa shape index (κ3) is 2.33. The zero-order chi connectivity index (χ0) is 16.8. The number of halogens is 3. The van der Waals surface area contributed by atoms with Gasteiger partial charge in [-0.25, -0.2) is 13.8 Å². The summed E-state index contributed by atoms with van der Waals surface area (Å²) in [6.45, 7) is 0. The summed E-state index contributed by atoms with van der Waals surface area (Å²) in [5.74, 6) is -2.42. The number of aromatic amines is 2. The summed E-state index contributed by atoms with van der Waals surface area (Å²) < 4.78 is 27.4. The molecule has 1 aromatic carbocycles. The molecule has 0 saturated heterocycles. The molecule has 3 aromatic heterocycles. The number of aromatic nitrogens is 4. The highest BCUT2D eigenvalue weighted by atomic mass is 79.9. The SMILES string of the molecule is O=C(Nc1c[nH]c2cc(F)c(F)cc12)c1[nH]nc2ncc(Br)cc12. The van der Waals surface area contributed by atoms with E-state index in [1.54, 1.807) is 12.3 Å². The first-order valence-corrected chi connectivity index (χ1v) is 7.59. The van der Waals surface area contributed by atoms with Crippen LogP contribution in [0.3, 0.4) is 0 Å². The van der Waals surface area contributed by atoms with Crippen LogP contribution < -0.4 is 5.32 Å². The van der Waals surface area contributed by atoms with Crippen LogP contribution in [0.4, 0.5) is 14.5 Å². The molecule has 24 heavy (non-hydrogen) atoms. The van der Waals surface area contributed by atoms with E-state index in [0.717, 1.165) is 12.1 Å². The molecule has 0 aliphatic rings. The lowest BCUT2D eigenvalue weighted by Crippen LogP contribution is -2.12. The summed E-state index contributed by atoms with van der Waals surface area (Å²) in [6.07, 6.45) is 3.04. The standard InChI is InChI=1S/C15H8BrF2N5O/c16-6-1-8-13(22-23-14(8)20-4-6)15(24)21-12-5-19-11-3-10(18)9(17)2-7(11)12/h1-5,19H,(H,21,24)(H,20,22,23). The van der Waals surface area contributed by atoms with Crippen molar-refractivity contribution in [2.24, 2.45) is 0 Å². The van der Waals surface area contributed by atoms with Crippen LogP contribution in [0.15, 0.2) is 35.1 Å². The Balaban J connectivity index is 1.73. The second-order valence-electron chi connectivity index (χ2n) is 5.09. The van der Waals surface area contributed by atoms with Crippen LogP contribution >= 0.6 is 15.9 Å². The van der Waals surface area contributed by atoms with E-state index in [-0.39, 0.29) is 5.69 Å². The molecule has 0 fully saturated rings. The van der Waals surface area contributed by atoms with Crippen molar-refractivity contribution in [1.29, 1.82) is 0 Å². The third-order valence-corrected chi connectivity index (χ3v) is 4.01. The van der Waals surface area contributed by atoms with Crippen LogP contribution in [-0.4, -0.2) is 26.1 Å². The molecule has 0 saturated carbocycles. The molecule has 0 unspecified atom stereocenters. The molecule has 4 aromatic rings. The maximum absolute atomic E-state index is 13.4. The molecular weight excluding hydrogens is 384 g/mol. The third-order valence-electron chi connectivity index (χ3n) is 3.57. The molecule has 120 valence electrons. The highest BCUT2D eigenvalue weighted by Gasteiger charge is 2.17. The smallest absolute Gasteiger partial charge is 0.274 e. The largest absolute Gasteiger partial charge is 0.359 e. The van der Waals surface area contributed by atoms with E-state index in [1.807, 2.05) is 0 Å². The van der Waals surface area contributed by atoms with Gasteiger partial charge >= 0.3 is 0 Å². The van der Waals surface area contributed by atoms with E-state index in [1.165, 1.54) is 6.20 Å². The second-order valence-corrected chi connectivity index (χ2v) is 6.01. The summed E-state index contributed by atoms with van der Waals surface area (Å²) in [4.78, 5) is 19.4. The number of amides is 1. The number of carbonyl (C=O) groups is 1. The Hall–Kier alpha value is -2.81. The van der Waals surface area contributed by atoms with E-state index < -0.39 is 17.5 Å². The summed E-state index contributed by atoms with van der Waals surface area (Å²) >= 11 is 3.29. The lowest BCUT2D eigenvalue weighted by Gasteiger charge is -2.03. The molecule has 3 N–H and O–H groups in total. The van der Waals surface area contributed by atoms with Gasteiger partial charge in [0.1, 0.15) is 5.69 Å². The van der Waals surface area contributed by atoms with E-state index in [4.69, 9.17) is 0 Å². The minimum absolute atomic E-state index is 0.218. The van der Waals surface area contributed by atoms with Gasteiger partial charge in [0.05, 0.1) is 16.6 Å². The fourth-order valence-corrected chi connectivity index (χ4v) is 2.78. The molecule has 6 nitrogen and oxygen atoms in total. The molecule has 1 amide bonds. The van der Waals surface area contributed by atoms with Gasteiger partial charge < -0.3 is 10.3 Å². The number of benzene rings is 1. The first-order chi connectivity index (χ1) is 11.5. The Bertz CT molecular complexity index is 1100. The summed E-state index contributed by atoms with van der Waals surface area (Å²) in [7, 11) is 0. The van der Waals surface area contributed by atoms with E-state index in [9.17, 15) is 13.6 Å². The predicted molar refractivity (Wildman–Crippen MR) is 87.8 cm³/mol. The van der Waals surface area contributed by atoms with Gasteiger partial charge in [0, 0.05) is 28.3 Å². The number of hydrogen-bond acceptors (Lipinski definition) is 3. The number of fused-ring (bicyclic) bond motifs is 2. The number of rotatable bonds is 2. The zero-order valence-corrected chi connectivity index (χ0v) is 13.4. The number of nitrogens with zero attached hydrogens (tertiary/aromatic N) is 2. The molecule has 4 rings (SSSR count). The van der Waals surface area contributed by atoms with Gasteiger partial charge in [-0.1, -0.05) is 0 Å². The summed E-state index contributed by atoms with van der Waals surface area (Å²) in [5, 5.41) is 10.2. The first-order valence-electron chi connectivity index (χ1n) is 6.80. The molecule has 3 heterocycles. The Kier molecular flexibility index (Phi) is 3.31. The lowest BCUT2D eigenvalue weighted by molar-refractivity contribution is 0.102. The lowest BCUT2D eigenvalue weighted by atomic mass is 10.2. The van der Waals surface area contributed by atoms with E-state index in [0.29, 0.717) is 32.1 Å². The zero-order valence-electron chi connectivity index (χ0n) is 11.8. The van der Waals surface area contributed by atoms with Gasteiger partial charge in [0.2, 0.25) is 0 Å². The molecule has 0 atom stereocenters.